The molecule has 30 heavy (non-hydrogen) atoms. The van der Waals surface area contributed by atoms with Crippen LogP contribution >= 0.6 is 12.6 Å². The van der Waals surface area contributed by atoms with Gasteiger partial charge in [-0.1, -0.05) is 13.8 Å². The first-order chi connectivity index (χ1) is 13.8. The first-order valence-electron chi connectivity index (χ1n) is 9.22. The van der Waals surface area contributed by atoms with E-state index in [1.807, 2.05) is 0 Å². The molecule has 0 radical (unpaired) electrons. The largest absolute Gasteiger partial charge is 0.481 e. The van der Waals surface area contributed by atoms with Crippen LogP contribution in [0.5, 0.6) is 0 Å². The molecule has 0 spiro atoms. The fraction of sp³-hybridized carbons (Fsp3) is 0.706. The van der Waals surface area contributed by atoms with Gasteiger partial charge in [0.15, 0.2) is 0 Å². The third kappa shape index (κ3) is 9.41. The van der Waals surface area contributed by atoms with Crippen LogP contribution in [0.4, 0.5) is 0 Å². The molecule has 12 nitrogen and oxygen atoms in total. The molecule has 0 saturated heterocycles. The number of nitrogens with two attached hydrogens (primary N) is 1. The highest BCUT2D eigenvalue weighted by atomic mass is 32.1. The zero-order chi connectivity index (χ0) is 23.6. The molecule has 5 unspecified atom stereocenters. The Morgan fingerprint density at radius 3 is 1.83 bits per heavy atom. The molecule has 8 N–H and O–H groups in total. The van der Waals surface area contributed by atoms with Crippen molar-refractivity contribution < 1.29 is 39.3 Å². The summed E-state index contributed by atoms with van der Waals surface area (Å²) in [5, 5.41) is 34.4. The first-order valence-corrected chi connectivity index (χ1v) is 9.85. The van der Waals surface area contributed by atoms with E-state index in [-0.39, 0.29) is 18.1 Å². The maximum absolute atomic E-state index is 12.5. The average Bonchev–Trinajstić information content (AvgIpc) is 2.65. The zero-order valence-corrected chi connectivity index (χ0v) is 17.9. The molecule has 5 atom stereocenters. The predicted molar refractivity (Wildman–Crippen MR) is 109 cm³/mol. The highest BCUT2D eigenvalue weighted by Gasteiger charge is 2.32. The Kier molecular flexibility index (Phi) is 12.0. The van der Waals surface area contributed by atoms with E-state index in [2.05, 4.69) is 28.6 Å². The van der Waals surface area contributed by atoms with Crippen molar-refractivity contribution >= 4 is 42.3 Å². The van der Waals surface area contributed by atoms with Gasteiger partial charge in [0.05, 0.1) is 12.1 Å². The Bertz CT molecular complexity index is 643. The number of hydrogen-bond acceptors (Lipinski definition) is 8. The number of carboxylic acid groups (broad SMARTS) is 2. The molecule has 172 valence electrons. The van der Waals surface area contributed by atoms with Gasteiger partial charge in [0.1, 0.15) is 18.1 Å². The zero-order valence-electron chi connectivity index (χ0n) is 17.0. The third-order valence-corrected chi connectivity index (χ3v) is 4.53. The number of aliphatic carboxylic acids is 2. The van der Waals surface area contributed by atoms with Gasteiger partial charge in [0, 0.05) is 12.2 Å². The van der Waals surface area contributed by atoms with Gasteiger partial charge < -0.3 is 37.0 Å². The molecule has 0 bridgehead atoms. The van der Waals surface area contributed by atoms with Gasteiger partial charge in [-0.2, -0.15) is 12.6 Å². The molecule has 13 heteroatoms. The molecular formula is C17H30N4O8S. The van der Waals surface area contributed by atoms with E-state index in [1.54, 1.807) is 13.8 Å². The van der Waals surface area contributed by atoms with Crippen molar-refractivity contribution in [2.45, 2.75) is 63.9 Å². The average molecular weight is 451 g/mol. The fourth-order valence-corrected chi connectivity index (χ4v) is 2.47. The number of carbonyl (C=O) groups excluding carboxylic acids is 3. The third-order valence-electron chi connectivity index (χ3n) is 4.16. The van der Waals surface area contributed by atoms with Gasteiger partial charge in [-0.3, -0.25) is 19.2 Å². The summed E-state index contributed by atoms with van der Waals surface area (Å²) in [6.45, 7) is 4.66. The molecule has 0 heterocycles. The Morgan fingerprint density at radius 2 is 1.43 bits per heavy atom. The van der Waals surface area contributed by atoms with Crippen molar-refractivity contribution in [3.63, 3.8) is 0 Å². The van der Waals surface area contributed by atoms with E-state index in [1.165, 1.54) is 6.92 Å². The number of carboxylic acids is 2. The molecule has 0 aromatic rings. The predicted octanol–water partition coefficient (Wildman–Crippen LogP) is -2.32. The van der Waals surface area contributed by atoms with Crippen LogP contribution in [0.1, 0.15) is 33.6 Å². The number of aliphatic hydroxyl groups excluding tert-OH is 1. The van der Waals surface area contributed by atoms with Crippen LogP contribution in [0, 0.1) is 5.92 Å². The summed E-state index contributed by atoms with van der Waals surface area (Å²) in [4.78, 5) is 58.8. The van der Waals surface area contributed by atoms with Crippen molar-refractivity contribution in [1.29, 1.82) is 0 Å². The summed E-state index contributed by atoms with van der Waals surface area (Å²) in [7, 11) is 0. The lowest BCUT2D eigenvalue weighted by molar-refractivity contribution is -0.143. The highest BCUT2D eigenvalue weighted by molar-refractivity contribution is 7.80. The van der Waals surface area contributed by atoms with Gasteiger partial charge >= 0.3 is 11.9 Å². The van der Waals surface area contributed by atoms with Crippen LogP contribution in [-0.2, 0) is 24.0 Å². The van der Waals surface area contributed by atoms with Gasteiger partial charge in [0.2, 0.25) is 17.7 Å². The number of carbonyl (C=O) groups is 5. The van der Waals surface area contributed by atoms with E-state index >= 15 is 0 Å². The molecular weight excluding hydrogens is 420 g/mol. The molecule has 0 saturated carbocycles. The van der Waals surface area contributed by atoms with Crippen molar-refractivity contribution in [1.82, 2.24) is 16.0 Å². The lowest BCUT2D eigenvalue weighted by atomic mass is 10.0. The maximum atomic E-state index is 12.5. The second kappa shape index (κ2) is 13.0. The second-order valence-corrected chi connectivity index (χ2v) is 7.44. The van der Waals surface area contributed by atoms with Crippen LogP contribution in [0.15, 0.2) is 0 Å². The maximum Gasteiger partial charge on any atom is 0.326 e. The summed E-state index contributed by atoms with van der Waals surface area (Å²) in [6.07, 6.45) is -2.16. The van der Waals surface area contributed by atoms with Crippen LogP contribution < -0.4 is 21.7 Å². The van der Waals surface area contributed by atoms with E-state index < -0.39 is 66.4 Å². The van der Waals surface area contributed by atoms with Gasteiger partial charge in [0.25, 0.3) is 0 Å². The standard InChI is InChI=1S/C17H30N4O8S/c1-7(2)12(18)15(26)21-13(8(3)22)16(27)20-10(6-30)14(25)19-9(17(28)29)4-5-11(23)24/h7-10,12-13,22,30H,4-6,18H2,1-3H3,(H,19,25)(H,20,27)(H,21,26)(H,23,24)(H,28,29). The second-order valence-electron chi connectivity index (χ2n) is 7.07. The van der Waals surface area contributed by atoms with Gasteiger partial charge in [-0.05, 0) is 19.3 Å². The molecule has 0 aromatic heterocycles. The minimum atomic E-state index is -1.48. The molecule has 3 amide bonds. The monoisotopic (exact) mass is 450 g/mol. The minimum absolute atomic E-state index is 0.225. The fourth-order valence-electron chi connectivity index (χ4n) is 2.21. The molecule has 0 aromatic carbocycles. The van der Waals surface area contributed by atoms with E-state index in [4.69, 9.17) is 15.9 Å². The normalized spacial score (nSPS) is 16.0. The van der Waals surface area contributed by atoms with E-state index in [9.17, 15) is 29.1 Å². The summed E-state index contributed by atoms with van der Waals surface area (Å²) in [5.74, 6) is -5.61. The van der Waals surface area contributed by atoms with Crippen molar-refractivity contribution in [2.75, 3.05) is 5.75 Å². The lowest BCUT2D eigenvalue weighted by Crippen LogP contribution is -2.60. The van der Waals surface area contributed by atoms with Crippen molar-refractivity contribution in [3.05, 3.63) is 0 Å². The van der Waals surface area contributed by atoms with E-state index in [0.717, 1.165) is 0 Å². The topological polar surface area (TPSA) is 208 Å². The number of rotatable bonds is 13. The van der Waals surface area contributed by atoms with Crippen LogP contribution in [-0.4, -0.2) is 81.0 Å². The summed E-state index contributed by atoms with van der Waals surface area (Å²) in [5.41, 5.74) is 5.72. The Balaban J connectivity index is 5.17. The van der Waals surface area contributed by atoms with Crippen LogP contribution in [0.2, 0.25) is 0 Å². The molecule has 0 aliphatic rings. The first kappa shape index (κ1) is 27.6. The summed E-state index contributed by atoms with van der Waals surface area (Å²) in [6, 6.07) is -5.12. The quantitative estimate of drug-likeness (QED) is 0.141. The Labute approximate surface area is 179 Å². The van der Waals surface area contributed by atoms with Crippen molar-refractivity contribution in [2.24, 2.45) is 11.7 Å². The van der Waals surface area contributed by atoms with Gasteiger partial charge in [-0.25, -0.2) is 4.79 Å². The smallest absolute Gasteiger partial charge is 0.326 e. The summed E-state index contributed by atoms with van der Waals surface area (Å²) >= 11 is 3.95. The molecule has 0 aliphatic heterocycles. The van der Waals surface area contributed by atoms with Crippen LogP contribution in [0.3, 0.4) is 0 Å². The minimum Gasteiger partial charge on any atom is -0.481 e. The number of thiol groups is 1. The Morgan fingerprint density at radius 1 is 0.900 bits per heavy atom. The summed E-state index contributed by atoms with van der Waals surface area (Å²) < 4.78 is 0. The molecule has 0 rings (SSSR count). The Hall–Kier alpha value is -2.38. The molecule has 0 aliphatic carbocycles. The molecule has 0 fully saturated rings. The van der Waals surface area contributed by atoms with Crippen molar-refractivity contribution in [3.8, 4) is 0 Å². The SMILES string of the molecule is CC(C)C(N)C(=O)NC(C(=O)NC(CS)C(=O)NC(CCC(=O)O)C(=O)O)C(C)O. The van der Waals surface area contributed by atoms with Crippen LogP contribution in [0.25, 0.3) is 0 Å². The number of hydrogen-bond donors (Lipinski definition) is 8. The lowest BCUT2D eigenvalue weighted by Gasteiger charge is -2.26. The van der Waals surface area contributed by atoms with Gasteiger partial charge in [-0.15, -0.1) is 0 Å². The van der Waals surface area contributed by atoms with E-state index in [0.29, 0.717) is 0 Å². The number of aliphatic hydroxyl groups is 1. The highest BCUT2D eigenvalue weighted by Crippen LogP contribution is 2.03. The number of nitrogens with one attached hydrogen (secondary N) is 3. The number of amides is 3.